The average Bonchev–Trinajstić information content (AvgIpc) is 3.17. The van der Waals surface area contributed by atoms with E-state index in [4.69, 9.17) is 9.15 Å². The zero-order valence-electron chi connectivity index (χ0n) is 14.3. The maximum Gasteiger partial charge on any atom is 0.243 e. The summed E-state index contributed by atoms with van der Waals surface area (Å²) >= 11 is 0. The van der Waals surface area contributed by atoms with Crippen molar-refractivity contribution in [2.75, 3.05) is 26.8 Å². The summed E-state index contributed by atoms with van der Waals surface area (Å²) in [5.41, 5.74) is 0.290. The van der Waals surface area contributed by atoms with Crippen molar-refractivity contribution < 1.29 is 22.0 Å². The van der Waals surface area contributed by atoms with Crippen LogP contribution in [0.1, 0.15) is 23.3 Å². The number of benzene rings is 1. The fourth-order valence-electron chi connectivity index (χ4n) is 3.08. The van der Waals surface area contributed by atoms with Crippen molar-refractivity contribution in [2.45, 2.75) is 24.7 Å². The number of hydrogen-bond acceptors (Lipinski definition) is 6. The molecule has 1 fully saturated rings. The number of methoxy groups -OCH3 is 1. The number of halogens is 1. The third-order valence-electron chi connectivity index (χ3n) is 4.41. The number of aryl methyl sites for hydroxylation is 2. The minimum Gasteiger partial charge on any atom is -0.425 e. The second-order valence-corrected chi connectivity index (χ2v) is 8.15. The molecule has 0 amide bonds. The third-order valence-corrected chi connectivity index (χ3v) is 6.24. The lowest BCUT2D eigenvalue weighted by atomic mass is 9.97. The number of hydrogen-bond donors (Lipinski definition) is 0. The molecule has 9 heteroatoms. The Morgan fingerprint density at radius 1 is 1.32 bits per heavy atom. The predicted octanol–water partition coefficient (Wildman–Crippen LogP) is 1.88. The maximum atomic E-state index is 13.5. The van der Waals surface area contributed by atoms with Crippen molar-refractivity contribution >= 4 is 10.0 Å². The number of rotatable bonds is 5. The van der Waals surface area contributed by atoms with Crippen molar-refractivity contribution in [3.63, 3.8) is 0 Å². The van der Waals surface area contributed by atoms with Crippen molar-refractivity contribution in [1.29, 1.82) is 0 Å². The van der Waals surface area contributed by atoms with Gasteiger partial charge in [0.2, 0.25) is 21.8 Å². The fourth-order valence-corrected chi connectivity index (χ4v) is 4.69. The lowest BCUT2D eigenvalue weighted by Gasteiger charge is -2.16. The lowest BCUT2D eigenvalue weighted by Crippen LogP contribution is -2.29. The Morgan fingerprint density at radius 3 is 2.68 bits per heavy atom. The molecule has 25 heavy (non-hydrogen) atoms. The Balaban J connectivity index is 1.90. The van der Waals surface area contributed by atoms with E-state index in [-0.39, 0.29) is 35.4 Å². The van der Waals surface area contributed by atoms with Gasteiger partial charge >= 0.3 is 0 Å². The molecule has 0 N–H and O–H groups in total. The molecule has 0 bridgehead atoms. The highest BCUT2D eigenvalue weighted by atomic mass is 32.2. The summed E-state index contributed by atoms with van der Waals surface area (Å²) in [5, 5.41) is 7.86. The molecule has 0 aliphatic carbocycles. The van der Waals surface area contributed by atoms with Gasteiger partial charge in [0.15, 0.2) is 0 Å². The van der Waals surface area contributed by atoms with Gasteiger partial charge in [0.05, 0.1) is 17.4 Å². The van der Waals surface area contributed by atoms with Crippen LogP contribution in [0.3, 0.4) is 0 Å². The van der Waals surface area contributed by atoms with E-state index < -0.39 is 15.8 Å². The molecule has 0 saturated carbocycles. The number of ether oxygens (including phenoxy) is 1. The first kappa shape index (κ1) is 18.0. The fraction of sp³-hybridized carbons (Fsp3) is 0.500. The molecule has 1 aromatic heterocycles. The first-order chi connectivity index (χ1) is 11.8. The molecule has 0 unspecified atom stereocenters. The largest absolute Gasteiger partial charge is 0.425 e. The van der Waals surface area contributed by atoms with Crippen LogP contribution in [-0.2, 0) is 14.8 Å². The maximum absolute atomic E-state index is 13.5. The van der Waals surface area contributed by atoms with Crippen LogP contribution >= 0.6 is 0 Å². The van der Waals surface area contributed by atoms with Crippen LogP contribution in [0.15, 0.2) is 27.5 Å². The minimum atomic E-state index is -3.74. The van der Waals surface area contributed by atoms with Gasteiger partial charge in [-0.1, -0.05) is 0 Å². The van der Waals surface area contributed by atoms with Crippen molar-refractivity contribution in [2.24, 2.45) is 5.92 Å². The van der Waals surface area contributed by atoms with Gasteiger partial charge in [0.1, 0.15) is 5.82 Å². The topological polar surface area (TPSA) is 85.5 Å². The van der Waals surface area contributed by atoms with E-state index in [9.17, 15) is 12.8 Å². The van der Waals surface area contributed by atoms with E-state index in [2.05, 4.69) is 10.2 Å². The number of sulfonamides is 1. The number of nitrogens with zero attached hydrogens (tertiary/aromatic N) is 3. The van der Waals surface area contributed by atoms with Crippen LogP contribution in [0.25, 0.3) is 0 Å². The summed E-state index contributed by atoms with van der Waals surface area (Å²) < 4.78 is 51.4. The standard InChI is InChI=1S/C16H20FN3O4S/c1-10-6-13(4-5-15(10)17)25(21,22)20-7-12(9-23-3)14(8-20)16-19-18-11(2)24-16/h4-6,12,14H,7-9H2,1-3H3/t12-,14+/m0/s1. The van der Waals surface area contributed by atoms with Crippen LogP contribution in [0.4, 0.5) is 4.39 Å². The monoisotopic (exact) mass is 369 g/mol. The van der Waals surface area contributed by atoms with Crippen molar-refractivity contribution in [1.82, 2.24) is 14.5 Å². The summed E-state index contributed by atoms with van der Waals surface area (Å²) in [6.07, 6.45) is 0. The zero-order chi connectivity index (χ0) is 18.2. The molecule has 0 radical (unpaired) electrons. The molecule has 3 rings (SSSR count). The molecule has 1 aromatic carbocycles. The van der Waals surface area contributed by atoms with Gasteiger partial charge in [-0.2, -0.15) is 4.31 Å². The predicted molar refractivity (Wildman–Crippen MR) is 87.0 cm³/mol. The highest BCUT2D eigenvalue weighted by Gasteiger charge is 2.42. The Hall–Kier alpha value is -1.84. The summed E-state index contributed by atoms with van der Waals surface area (Å²) in [5.74, 6) is 0.0738. The smallest absolute Gasteiger partial charge is 0.243 e. The van der Waals surface area contributed by atoms with Crippen LogP contribution in [0, 0.1) is 25.6 Å². The van der Waals surface area contributed by atoms with Crippen LogP contribution in [0.2, 0.25) is 0 Å². The summed E-state index contributed by atoms with van der Waals surface area (Å²) in [4.78, 5) is 0.0740. The molecule has 7 nitrogen and oxygen atoms in total. The van der Waals surface area contributed by atoms with Crippen LogP contribution < -0.4 is 0 Å². The Morgan fingerprint density at radius 2 is 2.08 bits per heavy atom. The highest BCUT2D eigenvalue weighted by Crippen LogP contribution is 2.35. The molecule has 1 aliphatic heterocycles. The summed E-state index contributed by atoms with van der Waals surface area (Å²) in [7, 11) is -2.18. The normalized spacial score (nSPS) is 21.8. The van der Waals surface area contributed by atoms with Gasteiger partial charge in [-0.05, 0) is 30.7 Å². The van der Waals surface area contributed by atoms with E-state index in [1.807, 2.05) is 0 Å². The summed E-state index contributed by atoms with van der Waals surface area (Å²) in [6, 6.07) is 3.80. The molecule has 0 spiro atoms. The third kappa shape index (κ3) is 3.44. The van der Waals surface area contributed by atoms with Crippen LogP contribution in [0.5, 0.6) is 0 Å². The average molecular weight is 369 g/mol. The Labute approximate surface area is 145 Å². The molecular weight excluding hydrogens is 349 g/mol. The van der Waals surface area contributed by atoms with Gasteiger partial charge in [0, 0.05) is 33.0 Å². The molecule has 1 aliphatic rings. The second-order valence-electron chi connectivity index (χ2n) is 6.21. The summed E-state index contributed by atoms with van der Waals surface area (Å²) in [6.45, 7) is 4.09. The molecule has 136 valence electrons. The quantitative estimate of drug-likeness (QED) is 0.800. The molecule has 2 atom stereocenters. The first-order valence-electron chi connectivity index (χ1n) is 7.88. The Kier molecular flexibility index (Phi) is 4.90. The zero-order valence-corrected chi connectivity index (χ0v) is 15.1. The van der Waals surface area contributed by atoms with Gasteiger partial charge in [-0.15, -0.1) is 10.2 Å². The molecule has 2 heterocycles. The first-order valence-corrected chi connectivity index (χ1v) is 9.32. The van der Waals surface area contributed by atoms with E-state index in [1.165, 1.54) is 29.4 Å². The van der Waals surface area contributed by atoms with Gasteiger partial charge in [0.25, 0.3) is 0 Å². The molecule has 1 saturated heterocycles. The van der Waals surface area contributed by atoms with Gasteiger partial charge in [-0.3, -0.25) is 0 Å². The van der Waals surface area contributed by atoms with E-state index in [0.29, 0.717) is 18.4 Å². The molecule has 2 aromatic rings. The second kappa shape index (κ2) is 6.81. The van der Waals surface area contributed by atoms with E-state index in [0.717, 1.165) is 0 Å². The number of aromatic nitrogens is 2. The van der Waals surface area contributed by atoms with Crippen molar-refractivity contribution in [3.8, 4) is 0 Å². The van der Waals surface area contributed by atoms with Gasteiger partial charge < -0.3 is 9.15 Å². The SMILES string of the molecule is COC[C@@H]1CN(S(=O)(=O)c2ccc(F)c(C)c2)C[C@H]1c1nnc(C)o1. The lowest BCUT2D eigenvalue weighted by molar-refractivity contribution is 0.146. The van der Waals surface area contributed by atoms with Crippen molar-refractivity contribution in [3.05, 3.63) is 41.4 Å². The van der Waals surface area contributed by atoms with E-state index in [1.54, 1.807) is 14.0 Å². The van der Waals surface area contributed by atoms with Gasteiger partial charge in [-0.25, -0.2) is 12.8 Å². The van der Waals surface area contributed by atoms with Crippen LogP contribution in [-0.4, -0.2) is 49.7 Å². The highest BCUT2D eigenvalue weighted by molar-refractivity contribution is 7.89. The van der Waals surface area contributed by atoms with E-state index >= 15 is 0 Å². The minimum absolute atomic E-state index is 0.0740. The molecular formula is C16H20FN3O4S. The Bertz CT molecular complexity index is 868.